The molecule has 1 amide bonds. The zero-order valence-electron chi connectivity index (χ0n) is 12.6. The summed E-state index contributed by atoms with van der Waals surface area (Å²) in [5.41, 5.74) is 0. The molecule has 1 fully saturated rings. The van der Waals surface area contributed by atoms with E-state index in [4.69, 9.17) is 5.11 Å². The fourth-order valence-electron chi connectivity index (χ4n) is 2.75. The van der Waals surface area contributed by atoms with Gasteiger partial charge in [0.25, 0.3) is 5.91 Å². The molecule has 1 aromatic rings. The Balaban J connectivity index is 1.91. The number of aliphatic hydroxyl groups excluding tert-OH is 1. The van der Waals surface area contributed by atoms with E-state index in [0.29, 0.717) is 12.3 Å². The third kappa shape index (κ3) is 4.87. The SMILES string of the molecule is CN(CC1CCCCC1)C(=O)c1ccc(C#CCCO)s1. The molecular weight excluding hydrogens is 282 g/mol. The Hall–Kier alpha value is -1.31. The normalized spacial score (nSPS) is 15.3. The summed E-state index contributed by atoms with van der Waals surface area (Å²) in [6.07, 6.45) is 6.92. The van der Waals surface area contributed by atoms with Gasteiger partial charge in [0, 0.05) is 20.0 Å². The molecule has 114 valence electrons. The van der Waals surface area contributed by atoms with Gasteiger partial charge in [-0.3, -0.25) is 4.79 Å². The van der Waals surface area contributed by atoms with Gasteiger partial charge in [-0.2, -0.15) is 0 Å². The number of hydrogen-bond acceptors (Lipinski definition) is 3. The van der Waals surface area contributed by atoms with Crippen molar-refractivity contribution >= 4 is 17.2 Å². The third-order valence-corrected chi connectivity index (χ3v) is 4.86. The summed E-state index contributed by atoms with van der Waals surface area (Å²) in [7, 11) is 1.90. The molecule has 0 unspecified atom stereocenters. The third-order valence-electron chi connectivity index (χ3n) is 3.87. The Bertz CT molecular complexity index is 520. The van der Waals surface area contributed by atoms with Gasteiger partial charge in [-0.05, 0) is 30.9 Å². The first kappa shape index (κ1) is 16.1. The predicted octanol–water partition coefficient (Wildman–Crippen LogP) is 3.13. The van der Waals surface area contributed by atoms with E-state index in [2.05, 4.69) is 11.8 Å². The van der Waals surface area contributed by atoms with Gasteiger partial charge >= 0.3 is 0 Å². The Morgan fingerprint density at radius 3 is 2.86 bits per heavy atom. The highest BCUT2D eigenvalue weighted by molar-refractivity contribution is 7.14. The predicted molar refractivity (Wildman–Crippen MR) is 86.4 cm³/mol. The van der Waals surface area contributed by atoms with Gasteiger partial charge in [0.1, 0.15) is 0 Å². The first-order chi connectivity index (χ1) is 10.2. The molecule has 1 heterocycles. The van der Waals surface area contributed by atoms with Gasteiger partial charge in [0.15, 0.2) is 0 Å². The summed E-state index contributed by atoms with van der Waals surface area (Å²) < 4.78 is 0. The molecule has 0 aromatic carbocycles. The number of carbonyl (C=O) groups excluding carboxylic acids is 1. The lowest BCUT2D eigenvalue weighted by atomic mass is 9.89. The number of amides is 1. The van der Waals surface area contributed by atoms with Crippen LogP contribution in [0.2, 0.25) is 0 Å². The molecule has 1 saturated carbocycles. The quantitative estimate of drug-likeness (QED) is 0.868. The second kappa shape index (κ2) is 8.21. The molecule has 0 spiro atoms. The summed E-state index contributed by atoms with van der Waals surface area (Å²) >= 11 is 1.44. The van der Waals surface area contributed by atoms with Gasteiger partial charge < -0.3 is 10.0 Å². The van der Waals surface area contributed by atoms with Crippen LogP contribution >= 0.6 is 11.3 Å². The number of carbonyl (C=O) groups is 1. The average molecular weight is 305 g/mol. The second-order valence-corrected chi connectivity index (χ2v) is 6.71. The van der Waals surface area contributed by atoms with Crippen molar-refractivity contribution in [1.82, 2.24) is 4.90 Å². The van der Waals surface area contributed by atoms with E-state index in [9.17, 15) is 4.79 Å². The van der Waals surface area contributed by atoms with E-state index in [-0.39, 0.29) is 12.5 Å². The fourth-order valence-corrected chi connectivity index (χ4v) is 3.63. The smallest absolute Gasteiger partial charge is 0.263 e. The van der Waals surface area contributed by atoms with E-state index in [0.717, 1.165) is 16.3 Å². The van der Waals surface area contributed by atoms with Crippen LogP contribution in [0.4, 0.5) is 0 Å². The Morgan fingerprint density at radius 2 is 2.14 bits per heavy atom. The Morgan fingerprint density at radius 1 is 1.38 bits per heavy atom. The molecular formula is C17H23NO2S. The number of aliphatic hydroxyl groups is 1. The molecule has 1 aromatic heterocycles. The molecule has 0 radical (unpaired) electrons. The first-order valence-electron chi connectivity index (χ1n) is 7.65. The standard InChI is InChI=1S/C17H23NO2S/c1-18(13-14-7-3-2-4-8-14)17(20)16-11-10-15(21-16)9-5-6-12-19/h10-11,14,19H,2-4,6-8,12-13H2,1H3. The number of hydrogen-bond donors (Lipinski definition) is 1. The summed E-state index contributed by atoms with van der Waals surface area (Å²) in [6.45, 7) is 0.941. The number of rotatable bonds is 4. The molecule has 1 N–H and O–H groups in total. The summed E-state index contributed by atoms with van der Waals surface area (Å²) in [6, 6.07) is 3.74. The fraction of sp³-hybridized carbons (Fsp3) is 0.588. The maximum atomic E-state index is 12.4. The van der Waals surface area contributed by atoms with Crippen molar-refractivity contribution in [2.24, 2.45) is 5.92 Å². The maximum absolute atomic E-state index is 12.4. The topological polar surface area (TPSA) is 40.5 Å². The van der Waals surface area contributed by atoms with E-state index >= 15 is 0 Å². The zero-order chi connectivity index (χ0) is 15.1. The second-order valence-electron chi connectivity index (χ2n) is 5.63. The van der Waals surface area contributed by atoms with Crippen LogP contribution in [0.15, 0.2) is 12.1 Å². The molecule has 0 saturated heterocycles. The van der Waals surface area contributed by atoms with Crippen LogP contribution in [0.3, 0.4) is 0 Å². The molecule has 2 rings (SSSR count). The Kier molecular flexibility index (Phi) is 6.28. The summed E-state index contributed by atoms with van der Waals surface area (Å²) in [5, 5.41) is 8.71. The van der Waals surface area contributed by atoms with Crippen molar-refractivity contribution in [3.63, 3.8) is 0 Å². The van der Waals surface area contributed by atoms with E-state index in [1.54, 1.807) is 0 Å². The minimum Gasteiger partial charge on any atom is -0.395 e. The van der Waals surface area contributed by atoms with Crippen LogP contribution in [0.25, 0.3) is 0 Å². The monoisotopic (exact) mass is 305 g/mol. The molecule has 0 atom stereocenters. The molecule has 3 nitrogen and oxygen atoms in total. The van der Waals surface area contributed by atoms with Crippen molar-refractivity contribution in [2.75, 3.05) is 20.2 Å². The maximum Gasteiger partial charge on any atom is 0.263 e. The van der Waals surface area contributed by atoms with Crippen LogP contribution in [-0.2, 0) is 0 Å². The van der Waals surface area contributed by atoms with Gasteiger partial charge in [0.05, 0.1) is 16.4 Å². The largest absolute Gasteiger partial charge is 0.395 e. The first-order valence-corrected chi connectivity index (χ1v) is 8.47. The van der Waals surface area contributed by atoms with Crippen molar-refractivity contribution < 1.29 is 9.90 Å². The number of thiophene rings is 1. The molecule has 4 heteroatoms. The summed E-state index contributed by atoms with van der Waals surface area (Å²) in [5.74, 6) is 6.62. The van der Waals surface area contributed by atoms with Crippen molar-refractivity contribution in [3.05, 3.63) is 21.9 Å². The van der Waals surface area contributed by atoms with E-state index in [1.807, 2.05) is 24.1 Å². The van der Waals surface area contributed by atoms with Gasteiger partial charge in [-0.15, -0.1) is 11.3 Å². The van der Waals surface area contributed by atoms with Crippen LogP contribution in [0.5, 0.6) is 0 Å². The van der Waals surface area contributed by atoms with Crippen LogP contribution < -0.4 is 0 Å². The van der Waals surface area contributed by atoms with Gasteiger partial charge in [0.2, 0.25) is 0 Å². The number of nitrogens with zero attached hydrogens (tertiary/aromatic N) is 1. The van der Waals surface area contributed by atoms with E-state index in [1.165, 1.54) is 43.4 Å². The lowest BCUT2D eigenvalue weighted by molar-refractivity contribution is 0.0765. The van der Waals surface area contributed by atoms with E-state index < -0.39 is 0 Å². The zero-order valence-corrected chi connectivity index (χ0v) is 13.4. The highest BCUT2D eigenvalue weighted by Crippen LogP contribution is 2.25. The lowest BCUT2D eigenvalue weighted by Crippen LogP contribution is -2.32. The van der Waals surface area contributed by atoms with Crippen molar-refractivity contribution in [2.45, 2.75) is 38.5 Å². The van der Waals surface area contributed by atoms with Gasteiger partial charge in [-0.25, -0.2) is 0 Å². The highest BCUT2D eigenvalue weighted by atomic mass is 32.1. The van der Waals surface area contributed by atoms with Gasteiger partial charge in [-0.1, -0.05) is 31.1 Å². The van der Waals surface area contributed by atoms with Crippen LogP contribution in [-0.4, -0.2) is 36.1 Å². The highest BCUT2D eigenvalue weighted by Gasteiger charge is 2.20. The molecule has 21 heavy (non-hydrogen) atoms. The molecule has 1 aliphatic rings. The molecule has 0 aliphatic heterocycles. The molecule has 1 aliphatic carbocycles. The van der Waals surface area contributed by atoms with Crippen LogP contribution in [0.1, 0.15) is 53.1 Å². The lowest BCUT2D eigenvalue weighted by Gasteiger charge is -2.26. The van der Waals surface area contributed by atoms with Crippen molar-refractivity contribution in [3.8, 4) is 11.8 Å². The van der Waals surface area contributed by atoms with Crippen molar-refractivity contribution in [1.29, 1.82) is 0 Å². The molecule has 0 bridgehead atoms. The Labute approximate surface area is 131 Å². The average Bonchev–Trinajstić information content (AvgIpc) is 2.96. The minimum atomic E-state index is 0.0777. The summed E-state index contributed by atoms with van der Waals surface area (Å²) in [4.78, 5) is 15.9. The van der Waals surface area contributed by atoms with Crippen LogP contribution in [0, 0.1) is 17.8 Å². The minimum absolute atomic E-state index is 0.0777.